The molecule has 0 spiro atoms. The van der Waals surface area contributed by atoms with Gasteiger partial charge in [0.1, 0.15) is 0 Å². The highest BCUT2D eigenvalue weighted by molar-refractivity contribution is 6.59. The molecule has 0 aliphatic carbocycles. The summed E-state index contributed by atoms with van der Waals surface area (Å²) in [5, 5.41) is 2.84. The maximum absolute atomic E-state index is 5.26. The maximum atomic E-state index is 5.26. The fourth-order valence-corrected chi connectivity index (χ4v) is 1.21. The summed E-state index contributed by atoms with van der Waals surface area (Å²) in [4.78, 5) is 0. The van der Waals surface area contributed by atoms with E-state index in [-0.39, 0.29) is 0 Å². The topological polar surface area (TPSA) is 39.7 Å². The zero-order valence-corrected chi connectivity index (χ0v) is 7.93. The SMILES string of the molecule is CNCO[Si](C)(OC)OC. The van der Waals surface area contributed by atoms with Gasteiger partial charge in [0.25, 0.3) is 0 Å². The Morgan fingerprint density at radius 1 is 1.30 bits per heavy atom. The van der Waals surface area contributed by atoms with Crippen LogP contribution in [0.25, 0.3) is 0 Å². The second-order valence-electron chi connectivity index (χ2n) is 1.91. The van der Waals surface area contributed by atoms with Crippen LogP contribution in [0.15, 0.2) is 0 Å². The average molecular weight is 165 g/mol. The van der Waals surface area contributed by atoms with Gasteiger partial charge in [-0.25, -0.2) is 0 Å². The smallest absolute Gasteiger partial charge is 0.377 e. The van der Waals surface area contributed by atoms with E-state index in [9.17, 15) is 0 Å². The first-order chi connectivity index (χ1) is 4.68. The van der Waals surface area contributed by atoms with E-state index in [0.717, 1.165) is 0 Å². The van der Waals surface area contributed by atoms with E-state index in [2.05, 4.69) is 5.32 Å². The van der Waals surface area contributed by atoms with Crippen molar-refractivity contribution in [1.82, 2.24) is 5.32 Å². The molecule has 4 nitrogen and oxygen atoms in total. The highest BCUT2D eigenvalue weighted by atomic mass is 28.4. The molecule has 0 radical (unpaired) electrons. The lowest BCUT2D eigenvalue weighted by Gasteiger charge is -2.21. The van der Waals surface area contributed by atoms with Crippen molar-refractivity contribution in [3.8, 4) is 0 Å². The van der Waals surface area contributed by atoms with Crippen LogP contribution in [0.3, 0.4) is 0 Å². The Balaban J connectivity index is 3.58. The molecule has 0 aliphatic rings. The first kappa shape index (κ1) is 10.1. The molecule has 0 heterocycles. The average Bonchev–Trinajstić information content (AvgIpc) is 2.00. The van der Waals surface area contributed by atoms with E-state index in [1.807, 2.05) is 6.55 Å². The van der Waals surface area contributed by atoms with Crippen LogP contribution in [0, 0.1) is 0 Å². The third-order valence-corrected chi connectivity index (χ3v) is 3.37. The molecule has 0 unspecified atom stereocenters. The van der Waals surface area contributed by atoms with Crippen molar-refractivity contribution in [3.63, 3.8) is 0 Å². The van der Waals surface area contributed by atoms with Gasteiger partial charge < -0.3 is 13.3 Å². The quantitative estimate of drug-likeness (QED) is 0.461. The van der Waals surface area contributed by atoms with E-state index in [1.54, 1.807) is 21.3 Å². The fourth-order valence-electron chi connectivity index (χ4n) is 0.404. The molecule has 0 atom stereocenters. The van der Waals surface area contributed by atoms with Crippen LogP contribution in [0.5, 0.6) is 0 Å². The summed E-state index contributed by atoms with van der Waals surface area (Å²) in [5.74, 6) is 0. The molecule has 1 N–H and O–H groups in total. The Hall–Kier alpha value is 0.0569. The standard InChI is InChI=1S/C5H15NO3Si/c1-6-5-9-10(4,7-2)8-3/h6H,5H2,1-4H3. The monoisotopic (exact) mass is 165 g/mol. The first-order valence-corrected chi connectivity index (χ1v) is 5.30. The van der Waals surface area contributed by atoms with Crippen molar-refractivity contribution in [2.75, 3.05) is 28.0 Å². The largest absolute Gasteiger partial charge is 0.498 e. The zero-order valence-electron chi connectivity index (χ0n) is 6.93. The summed E-state index contributed by atoms with van der Waals surface area (Å²) >= 11 is 0. The first-order valence-electron chi connectivity index (χ1n) is 3.07. The Morgan fingerprint density at radius 2 is 1.80 bits per heavy atom. The number of hydrogen-bond donors (Lipinski definition) is 1. The van der Waals surface area contributed by atoms with Crippen LogP contribution < -0.4 is 5.32 Å². The van der Waals surface area contributed by atoms with Crippen LogP contribution >= 0.6 is 0 Å². The van der Waals surface area contributed by atoms with Gasteiger partial charge in [0, 0.05) is 20.8 Å². The third-order valence-electron chi connectivity index (χ3n) is 1.22. The second kappa shape index (κ2) is 4.81. The number of rotatable bonds is 5. The van der Waals surface area contributed by atoms with Gasteiger partial charge in [-0.2, -0.15) is 0 Å². The van der Waals surface area contributed by atoms with E-state index in [4.69, 9.17) is 13.3 Å². The molecular formula is C5H15NO3Si. The van der Waals surface area contributed by atoms with Gasteiger partial charge in [0.05, 0.1) is 6.73 Å². The molecule has 0 aromatic heterocycles. The highest BCUT2D eigenvalue weighted by Crippen LogP contribution is 2.03. The van der Waals surface area contributed by atoms with Crippen LogP contribution in [-0.2, 0) is 13.3 Å². The molecule has 0 rings (SSSR count). The van der Waals surface area contributed by atoms with Crippen molar-refractivity contribution in [2.24, 2.45) is 0 Å². The Bertz CT molecular complexity index is 87.0. The minimum absolute atomic E-state index is 0.463. The van der Waals surface area contributed by atoms with Gasteiger partial charge in [0.2, 0.25) is 0 Å². The molecule has 0 saturated carbocycles. The summed E-state index contributed by atoms with van der Waals surface area (Å²) < 4.78 is 15.3. The molecule has 0 amide bonds. The van der Waals surface area contributed by atoms with Crippen molar-refractivity contribution < 1.29 is 13.3 Å². The van der Waals surface area contributed by atoms with Crippen LogP contribution in [0.2, 0.25) is 6.55 Å². The van der Waals surface area contributed by atoms with E-state index in [0.29, 0.717) is 6.73 Å². The predicted molar refractivity (Wildman–Crippen MR) is 40.6 cm³/mol. The minimum Gasteiger partial charge on any atom is -0.377 e. The molecular weight excluding hydrogens is 150 g/mol. The summed E-state index contributed by atoms with van der Waals surface area (Å²) in [6.07, 6.45) is 0. The van der Waals surface area contributed by atoms with Gasteiger partial charge in [-0.3, -0.25) is 5.32 Å². The number of nitrogens with one attached hydrogen (secondary N) is 1. The lowest BCUT2D eigenvalue weighted by molar-refractivity contribution is 0.0997. The summed E-state index contributed by atoms with van der Waals surface area (Å²) in [6.45, 7) is 2.30. The Kier molecular flexibility index (Phi) is 4.84. The molecule has 0 aromatic rings. The van der Waals surface area contributed by atoms with Gasteiger partial charge >= 0.3 is 8.80 Å². The van der Waals surface area contributed by atoms with Crippen LogP contribution in [0.1, 0.15) is 0 Å². The fraction of sp³-hybridized carbons (Fsp3) is 1.00. The lowest BCUT2D eigenvalue weighted by atomic mass is 11.2. The summed E-state index contributed by atoms with van der Waals surface area (Å²) in [5.41, 5.74) is 0. The van der Waals surface area contributed by atoms with Crippen molar-refractivity contribution >= 4 is 8.80 Å². The molecule has 62 valence electrons. The summed E-state index contributed by atoms with van der Waals surface area (Å²) in [6, 6.07) is 0. The van der Waals surface area contributed by atoms with E-state index < -0.39 is 8.80 Å². The minimum atomic E-state index is -2.28. The van der Waals surface area contributed by atoms with Crippen LogP contribution in [0.4, 0.5) is 0 Å². The van der Waals surface area contributed by atoms with E-state index in [1.165, 1.54) is 0 Å². The lowest BCUT2D eigenvalue weighted by Crippen LogP contribution is -2.42. The molecule has 10 heavy (non-hydrogen) atoms. The van der Waals surface area contributed by atoms with Gasteiger partial charge in [-0.15, -0.1) is 0 Å². The van der Waals surface area contributed by atoms with Gasteiger partial charge in [-0.1, -0.05) is 0 Å². The third kappa shape index (κ3) is 3.28. The van der Waals surface area contributed by atoms with Gasteiger partial charge in [-0.05, 0) is 7.05 Å². The predicted octanol–water partition coefficient (Wildman–Crippen LogP) is 0.0414. The molecule has 0 bridgehead atoms. The van der Waals surface area contributed by atoms with E-state index >= 15 is 0 Å². The van der Waals surface area contributed by atoms with Crippen LogP contribution in [-0.4, -0.2) is 36.8 Å². The van der Waals surface area contributed by atoms with Crippen molar-refractivity contribution in [3.05, 3.63) is 0 Å². The van der Waals surface area contributed by atoms with Gasteiger partial charge in [0.15, 0.2) is 0 Å². The zero-order chi connectivity index (χ0) is 8.04. The maximum Gasteiger partial charge on any atom is 0.498 e. The van der Waals surface area contributed by atoms with Crippen molar-refractivity contribution in [1.29, 1.82) is 0 Å². The van der Waals surface area contributed by atoms with Crippen molar-refractivity contribution in [2.45, 2.75) is 6.55 Å². The Morgan fingerprint density at radius 3 is 2.10 bits per heavy atom. The second-order valence-corrected chi connectivity index (χ2v) is 4.74. The normalized spacial score (nSPS) is 12.0. The summed E-state index contributed by atoms with van der Waals surface area (Å²) in [7, 11) is 2.70. The molecule has 5 heteroatoms. The number of hydrogen-bond acceptors (Lipinski definition) is 4. The highest BCUT2D eigenvalue weighted by Gasteiger charge is 2.31. The molecule has 0 saturated heterocycles. The molecule has 0 aliphatic heterocycles. The molecule has 0 aromatic carbocycles. The Labute approximate surface area is 62.8 Å². The molecule has 0 fully saturated rings.